The minimum Gasteiger partial charge on any atom is -0.481 e. The molecule has 190 valence electrons. The molecule has 0 aliphatic rings. The minimum atomic E-state index is -0.929. The molecule has 0 rings (SSSR count). The van der Waals surface area contributed by atoms with Gasteiger partial charge < -0.3 is 21.5 Å². The third kappa shape index (κ3) is 22.1. The van der Waals surface area contributed by atoms with Crippen molar-refractivity contribution in [3.8, 4) is 0 Å². The maximum Gasteiger partial charge on any atom is 0.303 e. The van der Waals surface area contributed by atoms with Crippen molar-refractivity contribution in [1.29, 1.82) is 0 Å². The van der Waals surface area contributed by atoms with Gasteiger partial charge in [-0.05, 0) is 26.3 Å². The third-order valence-corrected chi connectivity index (χ3v) is 6.11. The highest BCUT2D eigenvalue weighted by Crippen LogP contribution is 2.13. The van der Waals surface area contributed by atoms with Crippen LogP contribution >= 0.6 is 0 Å². The molecule has 2 atom stereocenters. The molecule has 0 bridgehead atoms. The van der Waals surface area contributed by atoms with Gasteiger partial charge in [-0.2, -0.15) is 0 Å². The van der Waals surface area contributed by atoms with E-state index in [2.05, 4.69) is 17.6 Å². The Bertz CT molecular complexity index is 446. The first-order valence-electron chi connectivity index (χ1n) is 13.5. The van der Waals surface area contributed by atoms with E-state index in [1.54, 1.807) is 0 Å². The van der Waals surface area contributed by atoms with Gasteiger partial charge in [0.05, 0.1) is 6.04 Å². The van der Waals surface area contributed by atoms with Crippen LogP contribution in [0.4, 0.5) is 0 Å². The van der Waals surface area contributed by atoms with E-state index in [0.717, 1.165) is 13.0 Å². The number of amides is 1. The van der Waals surface area contributed by atoms with Crippen LogP contribution in [0.25, 0.3) is 0 Å². The molecular weight excluding hydrogens is 402 g/mol. The molecule has 1 amide bonds. The fourth-order valence-electron chi connectivity index (χ4n) is 3.89. The van der Waals surface area contributed by atoms with E-state index in [0.29, 0.717) is 6.54 Å². The van der Waals surface area contributed by atoms with Crippen molar-refractivity contribution in [2.75, 3.05) is 13.1 Å². The number of nitrogens with one attached hydrogen (secondary N) is 2. The number of aliphatic carboxylic acids is 1. The molecule has 5 N–H and O–H groups in total. The largest absolute Gasteiger partial charge is 0.481 e. The number of hydrogen-bond acceptors (Lipinski definition) is 4. The first-order valence-corrected chi connectivity index (χ1v) is 13.5. The average molecular weight is 456 g/mol. The predicted molar refractivity (Wildman–Crippen MR) is 135 cm³/mol. The molecule has 0 aliphatic heterocycles. The van der Waals surface area contributed by atoms with Crippen molar-refractivity contribution in [3.63, 3.8) is 0 Å². The first-order chi connectivity index (χ1) is 15.5. The van der Waals surface area contributed by atoms with Gasteiger partial charge in [0.1, 0.15) is 0 Å². The van der Waals surface area contributed by atoms with Crippen LogP contribution in [-0.4, -0.2) is 42.2 Å². The number of nitrogens with two attached hydrogens (primary N) is 1. The number of carbonyl (C=O) groups is 2. The Morgan fingerprint density at radius 2 is 1.22 bits per heavy atom. The topological polar surface area (TPSA) is 104 Å². The molecule has 0 heterocycles. The summed E-state index contributed by atoms with van der Waals surface area (Å²) in [6, 6.07) is -0.569. The van der Waals surface area contributed by atoms with Crippen molar-refractivity contribution in [3.05, 3.63) is 0 Å². The summed E-state index contributed by atoms with van der Waals surface area (Å²) >= 11 is 0. The Balaban J connectivity index is 3.32. The van der Waals surface area contributed by atoms with Gasteiger partial charge in [0.15, 0.2) is 0 Å². The smallest absolute Gasteiger partial charge is 0.303 e. The van der Waals surface area contributed by atoms with Gasteiger partial charge in [-0.3, -0.25) is 9.59 Å². The highest BCUT2D eigenvalue weighted by Gasteiger charge is 2.15. The average Bonchev–Trinajstić information content (AvgIpc) is 2.77. The fourth-order valence-corrected chi connectivity index (χ4v) is 3.89. The fraction of sp³-hybridized carbons (Fsp3) is 0.923. The van der Waals surface area contributed by atoms with Gasteiger partial charge >= 0.3 is 5.97 Å². The number of rotatable bonds is 24. The maximum atomic E-state index is 11.8. The minimum absolute atomic E-state index is 0.0817. The standard InChI is InChI=1S/C26H53N3O3/c1-3-4-5-6-7-8-9-10-11-12-13-14-15-16-17-18-21-28-23(2)22-29-26(32)24(27)19-20-25(30)31/h23-24,28H,3-22,27H2,1-2H3,(H,29,32)(H,30,31). The molecule has 0 aromatic heterocycles. The Hall–Kier alpha value is -1.14. The summed E-state index contributed by atoms with van der Waals surface area (Å²) in [6.45, 7) is 5.78. The van der Waals surface area contributed by atoms with Crippen LogP contribution in [0.15, 0.2) is 0 Å². The second-order valence-electron chi connectivity index (χ2n) is 9.44. The molecule has 0 saturated heterocycles. The molecule has 0 aromatic carbocycles. The molecule has 0 saturated carbocycles. The summed E-state index contributed by atoms with van der Waals surface area (Å²) in [7, 11) is 0. The van der Waals surface area contributed by atoms with Crippen LogP contribution in [-0.2, 0) is 9.59 Å². The van der Waals surface area contributed by atoms with Crippen LogP contribution in [0.1, 0.15) is 129 Å². The van der Waals surface area contributed by atoms with E-state index in [1.165, 1.54) is 96.3 Å². The lowest BCUT2D eigenvalue weighted by molar-refractivity contribution is -0.137. The monoisotopic (exact) mass is 455 g/mol. The summed E-state index contributed by atoms with van der Waals surface area (Å²) < 4.78 is 0. The molecule has 2 unspecified atom stereocenters. The number of carboxylic acid groups (broad SMARTS) is 1. The molecule has 0 aromatic rings. The van der Waals surface area contributed by atoms with Gasteiger partial charge in [0.25, 0.3) is 0 Å². The lowest BCUT2D eigenvalue weighted by Crippen LogP contribution is -2.46. The van der Waals surface area contributed by atoms with E-state index in [-0.39, 0.29) is 24.8 Å². The first kappa shape index (κ1) is 30.9. The van der Waals surface area contributed by atoms with Crippen molar-refractivity contribution >= 4 is 11.9 Å². The van der Waals surface area contributed by atoms with Gasteiger partial charge in [-0.1, -0.05) is 103 Å². The zero-order valence-electron chi connectivity index (χ0n) is 21.1. The number of hydrogen-bond donors (Lipinski definition) is 4. The molecular formula is C26H53N3O3. The Morgan fingerprint density at radius 1 is 0.781 bits per heavy atom. The van der Waals surface area contributed by atoms with Gasteiger partial charge in [-0.25, -0.2) is 0 Å². The Morgan fingerprint density at radius 3 is 1.66 bits per heavy atom. The van der Waals surface area contributed by atoms with Gasteiger partial charge in [0, 0.05) is 19.0 Å². The van der Waals surface area contributed by atoms with Crippen LogP contribution in [0, 0.1) is 0 Å². The summed E-state index contributed by atoms with van der Waals surface area (Å²) in [6.07, 6.45) is 22.1. The highest BCUT2D eigenvalue weighted by molar-refractivity contribution is 5.82. The third-order valence-electron chi connectivity index (χ3n) is 6.11. The van der Waals surface area contributed by atoms with Crippen molar-refractivity contribution in [1.82, 2.24) is 10.6 Å². The van der Waals surface area contributed by atoms with Crippen LogP contribution in [0.5, 0.6) is 0 Å². The van der Waals surface area contributed by atoms with Crippen molar-refractivity contribution in [2.45, 2.75) is 142 Å². The number of unbranched alkanes of at least 4 members (excludes halogenated alkanes) is 15. The Kier molecular flexibility index (Phi) is 22.2. The highest BCUT2D eigenvalue weighted by atomic mass is 16.4. The van der Waals surface area contributed by atoms with Crippen LogP contribution in [0.2, 0.25) is 0 Å². The molecule has 0 spiro atoms. The van der Waals surface area contributed by atoms with E-state index in [4.69, 9.17) is 10.8 Å². The number of carbonyl (C=O) groups excluding carboxylic acids is 1. The summed E-state index contributed by atoms with van der Waals surface area (Å²) in [5, 5.41) is 14.9. The molecule has 0 aliphatic carbocycles. The summed E-state index contributed by atoms with van der Waals surface area (Å²) in [4.78, 5) is 22.4. The second kappa shape index (κ2) is 23.0. The lowest BCUT2D eigenvalue weighted by Gasteiger charge is -2.16. The van der Waals surface area contributed by atoms with Gasteiger partial charge in [0.2, 0.25) is 5.91 Å². The van der Waals surface area contributed by atoms with E-state index < -0.39 is 12.0 Å². The summed E-state index contributed by atoms with van der Waals surface area (Å²) in [5.41, 5.74) is 5.70. The molecule has 6 nitrogen and oxygen atoms in total. The molecule has 32 heavy (non-hydrogen) atoms. The van der Waals surface area contributed by atoms with Crippen LogP contribution < -0.4 is 16.4 Å². The van der Waals surface area contributed by atoms with Crippen molar-refractivity contribution < 1.29 is 14.7 Å². The van der Waals surface area contributed by atoms with Crippen molar-refractivity contribution in [2.24, 2.45) is 5.73 Å². The molecule has 0 fully saturated rings. The maximum absolute atomic E-state index is 11.8. The normalized spacial score (nSPS) is 13.1. The van der Waals surface area contributed by atoms with Gasteiger partial charge in [-0.15, -0.1) is 0 Å². The van der Waals surface area contributed by atoms with E-state index in [1.807, 2.05) is 6.92 Å². The quantitative estimate of drug-likeness (QED) is 0.143. The van der Waals surface area contributed by atoms with Crippen LogP contribution in [0.3, 0.4) is 0 Å². The predicted octanol–water partition coefficient (Wildman–Crippen LogP) is 5.53. The number of carboxylic acids is 1. The zero-order chi connectivity index (χ0) is 23.9. The lowest BCUT2D eigenvalue weighted by atomic mass is 10.0. The van der Waals surface area contributed by atoms with E-state index >= 15 is 0 Å². The zero-order valence-corrected chi connectivity index (χ0v) is 21.1. The Labute approximate surface area is 197 Å². The van der Waals surface area contributed by atoms with E-state index in [9.17, 15) is 9.59 Å². The SMILES string of the molecule is CCCCCCCCCCCCCCCCCCNC(C)CNC(=O)C(N)CCC(=O)O. The summed E-state index contributed by atoms with van der Waals surface area (Å²) in [5.74, 6) is -1.20. The molecule has 0 radical (unpaired) electrons. The second-order valence-corrected chi connectivity index (χ2v) is 9.44. The molecule has 6 heteroatoms.